The van der Waals surface area contributed by atoms with Gasteiger partial charge in [0.15, 0.2) is 0 Å². The number of aryl methyl sites for hydroxylation is 1. The van der Waals surface area contributed by atoms with Crippen molar-refractivity contribution in [1.29, 1.82) is 0 Å². The summed E-state index contributed by atoms with van der Waals surface area (Å²) in [4.78, 5) is 0. The molecule has 0 saturated carbocycles. The summed E-state index contributed by atoms with van der Waals surface area (Å²) in [6, 6.07) is 16.5. The van der Waals surface area contributed by atoms with Crippen LogP contribution < -0.4 is 5.32 Å². The summed E-state index contributed by atoms with van der Waals surface area (Å²) in [5.41, 5.74) is 3.04. The van der Waals surface area contributed by atoms with E-state index in [-0.39, 0.29) is 0 Å². The third-order valence-electron chi connectivity index (χ3n) is 4.57. The monoisotopic (exact) mass is 351 g/mol. The predicted molar refractivity (Wildman–Crippen MR) is 104 cm³/mol. The minimum Gasteiger partial charge on any atom is -0.464 e. The number of aliphatic hydroxyl groups excluding tert-OH is 1. The molecule has 1 atom stereocenters. The highest BCUT2D eigenvalue weighted by atomic mass is 32.1. The number of nitrogens with one attached hydrogen (secondary N) is 1. The lowest BCUT2D eigenvalue weighted by atomic mass is 10.1. The molecule has 4 aromatic rings. The average Bonchev–Trinajstić information content (AvgIpc) is 3.30. The standard InChI is InChI=1S/C21H21NO2S/c23-19(18-8-2-4-15-9-12-24-20(15)18)14-22-11-3-7-16-5-1-6-17-10-13-25-21(16)17/h1-2,4-6,8-10,12-13,19,22-23H,3,7,11,14H2. The van der Waals surface area contributed by atoms with Crippen LogP contribution in [0.5, 0.6) is 0 Å². The van der Waals surface area contributed by atoms with Crippen LogP contribution in [0.1, 0.15) is 23.7 Å². The lowest BCUT2D eigenvalue weighted by Crippen LogP contribution is -2.23. The van der Waals surface area contributed by atoms with Crippen molar-refractivity contribution in [1.82, 2.24) is 5.32 Å². The van der Waals surface area contributed by atoms with Crippen LogP contribution in [0.3, 0.4) is 0 Å². The second kappa shape index (κ2) is 7.40. The maximum absolute atomic E-state index is 10.4. The SMILES string of the molecule is OC(CNCCCc1cccc2ccsc12)c1cccc2ccoc12. The molecule has 2 aromatic carbocycles. The van der Waals surface area contributed by atoms with Gasteiger partial charge in [0.1, 0.15) is 5.58 Å². The molecule has 0 aliphatic heterocycles. The average molecular weight is 351 g/mol. The van der Waals surface area contributed by atoms with Crippen LogP contribution in [0.4, 0.5) is 0 Å². The number of hydrogen-bond donors (Lipinski definition) is 2. The van der Waals surface area contributed by atoms with Gasteiger partial charge >= 0.3 is 0 Å². The van der Waals surface area contributed by atoms with Gasteiger partial charge in [0.05, 0.1) is 12.4 Å². The first-order chi connectivity index (χ1) is 12.3. The van der Waals surface area contributed by atoms with Crippen molar-refractivity contribution in [3.8, 4) is 0 Å². The zero-order valence-corrected chi connectivity index (χ0v) is 14.8. The van der Waals surface area contributed by atoms with Crippen LogP contribution >= 0.6 is 11.3 Å². The number of benzene rings is 2. The molecule has 2 N–H and O–H groups in total. The van der Waals surface area contributed by atoms with Gasteiger partial charge in [-0.05, 0) is 47.8 Å². The minimum atomic E-state index is -0.560. The molecule has 0 amide bonds. The summed E-state index contributed by atoms with van der Waals surface area (Å²) in [6.07, 6.45) is 3.21. The van der Waals surface area contributed by atoms with Crippen LogP contribution in [-0.4, -0.2) is 18.2 Å². The van der Waals surface area contributed by atoms with Crippen molar-refractivity contribution in [2.75, 3.05) is 13.1 Å². The van der Waals surface area contributed by atoms with Crippen molar-refractivity contribution in [3.05, 3.63) is 71.3 Å². The number of fused-ring (bicyclic) bond motifs is 2. The summed E-state index contributed by atoms with van der Waals surface area (Å²) in [6.45, 7) is 1.41. The van der Waals surface area contributed by atoms with Crippen molar-refractivity contribution in [2.45, 2.75) is 18.9 Å². The zero-order valence-electron chi connectivity index (χ0n) is 13.9. The Morgan fingerprint density at radius 3 is 2.88 bits per heavy atom. The van der Waals surface area contributed by atoms with Crippen molar-refractivity contribution >= 4 is 32.4 Å². The summed E-state index contributed by atoms with van der Waals surface area (Å²) >= 11 is 1.81. The Kier molecular flexibility index (Phi) is 4.83. The van der Waals surface area contributed by atoms with Crippen molar-refractivity contribution < 1.29 is 9.52 Å². The maximum Gasteiger partial charge on any atom is 0.139 e. The highest BCUT2D eigenvalue weighted by Gasteiger charge is 2.12. The van der Waals surface area contributed by atoms with E-state index < -0.39 is 6.10 Å². The molecule has 0 aliphatic carbocycles. The van der Waals surface area contributed by atoms with Gasteiger partial charge in [-0.15, -0.1) is 11.3 Å². The smallest absolute Gasteiger partial charge is 0.139 e. The Labute approximate surface area is 150 Å². The van der Waals surface area contributed by atoms with E-state index in [2.05, 4.69) is 35.0 Å². The quantitative estimate of drug-likeness (QED) is 0.465. The van der Waals surface area contributed by atoms with E-state index in [1.165, 1.54) is 15.6 Å². The van der Waals surface area contributed by atoms with Gasteiger partial charge in [-0.25, -0.2) is 0 Å². The van der Waals surface area contributed by atoms with Gasteiger partial charge in [-0.1, -0.05) is 36.4 Å². The predicted octanol–water partition coefficient (Wildman–Crippen LogP) is 4.90. The zero-order chi connectivity index (χ0) is 17.1. The number of para-hydroxylation sites is 1. The lowest BCUT2D eigenvalue weighted by molar-refractivity contribution is 0.175. The number of rotatable bonds is 7. The van der Waals surface area contributed by atoms with E-state index in [4.69, 9.17) is 4.42 Å². The number of furan rings is 1. The normalized spacial score (nSPS) is 12.8. The summed E-state index contributed by atoms with van der Waals surface area (Å²) < 4.78 is 6.90. The third-order valence-corrected chi connectivity index (χ3v) is 5.57. The summed E-state index contributed by atoms with van der Waals surface area (Å²) in [5, 5.41) is 18.3. The fraction of sp³-hybridized carbons (Fsp3) is 0.238. The van der Waals surface area contributed by atoms with Gasteiger partial charge in [-0.3, -0.25) is 0 Å². The van der Waals surface area contributed by atoms with E-state index in [1.807, 2.05) is 35.6 Å². The molecule has 0 aliphatic rings. The van der Waals surface area contributed by atoms with E-state index >= 15 is 0 Å². The number of hydrogen-bond acceptors (Lipinski definition) is 4. The molecule has 3 nitrogen and oxygen atoms in total. The highest BCUT2D eigenvalue weighted by molar-refractivity contribution is 7.17. The molecular weight excluding hydrogens is 330 g/mol. The first-order valence-electron chi connectivity index (χ1n) is 8.63. The first-order valence-corrected chi connectivity index (χ1v) is 9.51. The Morgan fingerprint density at radius 1 is 1.04 bits per heavy atom. The number of thiophene rings is 1. The van der Waals surface area contributed by atoms with Gasteiger partial charge in [0, 0.05) is 22.2 Å². The fourth-order valence-electron chi connectivity index (χ4n) is 3.28. The lowest BCUT2D eigenvalue weighted by Gasteiger charge is -2.12. The van der Waals surface area contributed by atoms with Crippen LogP contribution in [0.15, 0.2) is 64.6 Å². The van der Waals surface area contributed by atoms with Crippen LogP contribution in [0.25, 0.3) is 21.1 Å². The molecule has 1 unspecified atom stereocenters. The third kappa shape index (κ3) is 3.47. The molecular formula is C21H21NO2S. The van der Waals surface area contributed by atoms with Gasteiger partial charge < -0.3 is 14.8 Å². The molecule has 128 valence electrons. The summed E-state index contributed by atoms with van der Waals surface area (Å²) in [5.74, 6) is 0. The molecule has 25 heavy (non-hydrogen) atoms. The van der Waals surface area contributed by atoms with E-state index in [0.29, 0.717) is 6.54 Å². The number of aliphatic hydroxyl groups is 1. The van der Waals surface area contributed by atoms with Gasteiger partial charge in [-0.2, -0.15) is 0 Å². The Bertz CT molecular complexity index is 972. The Hall–Kier alpha value is -2.14. The Balaban J connectivity index is 1.29. The van der Waals surface area contributed by atoms with Crippen LogP contribution in [-0.2, 0) is 6.42 Å². The largest absolute Gasteiger partial charge is 0.464 e. The van der Waals surface area contributed by atoms with Crippen LogP contribution in [0, 0.1) is 0 Å². The topological polar surface area (TPSA) is 45.4 Å². The molecule has 0 spiro atoms. The molecule has 0 radical (unpaired) electrons. The minimum absolute atomic E-state index is 0.531. The molecule has 0 bridgehead atoms. The molecule has 4 rings (SSSR count). The van der Waals surface area contributed by atoms with Crippen molar-refractivity contribution in [2.24, 2.45) is 0 Å². The second-order valence-corrected chi connectivity index (χ2v) is 7.18. The second-order valence-electron chi connectivity index (χ2n) is 6.27. The fourth-order valence-corrected chi connectivity index (χ4v) is 4.23. The molecule has 0 fully saturated rings. The first kappa shape index (κ1) is 16.3. The van der Waals surface area contributed by atoms with E-state index in [0.717, 1.165) is 35.9 Å². The molecule has 0 saturated heterocycles. The highest BCUT2D eigenvalue weighted by Crippen LogP contribution is 2.26. The molecule has 4 heteroatoms. The molecule has 2 aromatic heterocycles. The van der Waals surface area contributed by atoms with Gasteiger partial charge in [0.2, 0.25) is 0 Å². The van der Waals surface area contributed by atoms with E-state index in [1.54, 1.807) is 6.26 Å². The maximum atomic E-state index is 10.4. The van der Waals surface area contributed by atoms with E-state index in [9.17, 15) is 5.11 Å². The Morgan fingerprint density at radius 2 is 1.92 bits per heavy atom. The van der Waals surface area contributed by atoms with Crippen molar-refractivity contribution in [3.63, 3.8) is 0 Å². The van der Waals surface area contributed by atoms with Crippen LogP contribution in [0.2, 0.25) is 0 Å². The molecule has 2 heterocycles. The summed E-state index contributed by atoms with van der Waals surface area (Å²) in [7, 11) is 0. The van der Waals surface area contributed by atoms with Gasteiger partial charge in [0.25, 0.3) is 0 Å².